The molecule has 0 fully saturated rings. The van der Waals surface area contributed by atoms with Gasteiger partial charge in [0.05, 0.1) is 30.4 Å². The molecule has 0 radical (unpaired) electrons. The Bertz CT molecular complexity index is 928. The van der Waals surface area contributed by atoms with Crippen molar-refractivity contribution in [3.8, 4) is 5.88 Å². The molecule has 132 valence electrons. The molecule has 0 saturated carbocycles. The van der Waals surface area contributed by atoms with Crippen molar-refractivity contribution in [2.75, 3.05) is 11.6 Å². The Morgan fingerprint density at radius 3 is 3.00 bits per heavy atom. The number of hydrogen-bond donors (Lipinski definition) is 1. The highest BCUT2D eigenvalue weighted by Gasteiger charge is 2.23. The number of fused-ring (bicyclic) bond motifs is 1. The van der Waals surface area contributed by atoms with Crippen LogP contribution in [-0.4, -0.2) is 17.6 Å². The second-order valence-electron chi connectivity index (χ2n) is 5.95. The second kappa shape index (κ2) is 6.87. The predicted octanol–water partition coefficient (Wildman–Crippen LogP) is 3.10. The van der Waals surface area contributed by atoms with Crippen LogP contribution in [-0.2, 0) is 13.2 Å². The minimum absolute atomic E-state index is 0.269. The third kappa shape index (κ3) is 3.37. The molecule has 0 unspecified atom stereocenters. The first-order valence-corrected chi connectivity index (χ1v) is 8.10. The molecular formula is C19H16FN3O3. The van der Waals surface area contributed by atoms with Gasteiger partial charge in [-0.3, -0.25) is 4.79 Å². The van der Waals surface area contributed by atoms with Crippen molar-refractivity contribution in [2.45, 2.75) is 13.2 Å². The van der Waals surface area contributed by atoms with Crippen molar-refractivity contribution in [3.05, 3.63) is 77.6 Å². The number of anilines is 1. The molecule has 1 aromatic carbocycles. The van der Waals surface area contributed by atoms with E-state index < -0.39 is 5.82 Å². The van der Waals surface area contributed by atoms with Gasteiger partial charge in [-0.05, 0) is 35.9 Å². The molecule has 7 heteroatoms. The average molecular weight is 353 g/mol. The number of carbonyl (C=O) groups is 1. The lowest BCUT2D eigenvalue weighted by Crippen LogP contribution is -2.43. The zero-order valence-electron chi connectivity index (χ0n) is 13.8. The molecule has 1 N–H and O–H groups in total. The Labute approximate surface area is 149 Å². The molecule has 0 atom stereocenters. The van der Waals surface area contributed by atoms with Gasteiger partial charge in [0.1, 0.15) is 12.4 Å². The zero-order chi connectivity index (χ0) is 17.9. The largest absolute Gasteiger partial charge is 0.473 e. The van der Waals surface area contributed by atoms with Crippen LogP contribution in [0.25, 0.3) is 0 Å². The number of ether oxygens (including phenoxy) is 1. The Balaban J connectivity index is 1.50. The molecule has 26 heavy (non-hydrogen) atoms. The number of aromatic nitrogens is 1. The van der Waals surface area contributed by atoms with E-state index in [1.54, 1.807) is 24.8 Å². The van der Waals surface area contributed by atoms with Gasteiger partial charge in [-0.15, -0.1) is 0 Å². The first kappa shape index (κ1) is 16.1. The van der Waals surface area contributed by atoms with Crippen LogP contribution < -0.4 is 15.0 Å². The molecule has 1 aliphatic rings. The van der Waals surface area contributed by atoms with E-state index in [0.29, 0.717) is 37.0 Å². The topological polar surface area (TPSA) is 67.6 Å². The van der Waals surface area contributed by atoms with Crippen molar-refractivity contribution < 1.29 is 18.3 Å². The lowest BCUT2D eigenvalue weighted by molar-refractivity contribution is 0.0947. The number of benzene rings is 1. The molecule has 1 aliphatic heterocycles. The first-order valence-electron chi connectivity index (χ1n) is 8.10. The Morgan fingerprint density at radius 1 is 1.23 bits per heavy atom. The highest BCUT2D eigenvalue weighted by atomic mass is 19.1. The first-order chi connectivity index (χ1) is 12.7. The third-order valence-corrected chi connectivity index (χ3v) is 4.11. The molecule has 3 aromatic rings. The van der Waals surface area contributed by atoms with Crippen LogP contribution in [0.3, 0.4) is 0 Å². The van der Waals surface area contributed by atoms with Gasteiger partial charge in [-0.2, -0.15) is 0 Å². The number of pyridine rings is 1. The molecule has 6 nitrogen and oxygen atoms in total. The van der Waals surface area contributed by atoms with Gasteiger partial charge in [-0.1, -0.05) is 0 Å². The summed E-state index contributed by atoms with van der Waals surface area (Å²) in [6.45, 7) is 1.25. The van der Waals surface area contributed by atoms with Crippen LogP contribution in [0.15, 0.2) is 59.5 Å². The standard InChI is InChI=1S/C19H16FN3O3/c20-15-1-2-17-16(8-15)19(24)22-12-23(17)9-13-3-5-21-18(7-13)26-11-14-4-6-25-10-14/h1-8,10H,9,11-12H2,(H,22,24). The molecule has 1 amide bonds. The Morgan fingerprint density at radius 2 is 2.15 bits per heavy atom. The third-order valence-electron chi connectivity index (χ3n) is 4.11. The lowest BCUT2D eigenvalue weighted by atomic mass is 10.1. The number of nitrogens with zero attached hydrogens (tertiary/aromatic N) is 2. The molecule has 0 saturated heterocycles. The highest BCUT2D eigenvalue weighted by Crippen LogP contribution is 2.26. The number of furan rings is 1. The van der Waals surface area contributed by atoms with Gasteiger partial charge in [0.15, 0.2) is 0 Å². The van der Waals surface area contributed by atoms with Crippen LogP contribution in [0.1, 0.15) is 21.5 Å². The number of amides is 1. The predicted molar refractivity (Wildman–Crippen MR) is 92.2 cm³/mol. The average Bonchev–Trinajstić information content (AvgIpc) is 3.17. The van der Waals surface area contributed by atoms with E-state index >= 15 is 0 Å². The fourth-order valence-electron chi connectivity index (χ4n) is 2.83. The van der Waals surface area contributed by atoms with Gasteiger partial charge in [-0.25, -0.2) is 9.37 Å². The summed E-state index contributed by atoms with van der Waals surface area (Å²) in [5.74, 6) is -0.196. The van der Waals surface area contributed by atoms with Gasteiger partial charge >= 0.3 is 0 Å². The van der Waals surface area contributed by atoms with Crippen LogP contribution in [0.2, 0.25) is 0 Å². The summed E-state index contributed by atoms with van der Waals surface area (Å²) in [6.07, 6.45) is 4.89. The fourth-order valence-corrected chi connectivity index (χ4v) is 2.83. The number of nitrogens with one attached hydrogen (secondary N) is 1. The van der Waals surface area contributed by atoms with E-state index in [1.165, 1.54) is 12.1 Å². The van der Waals surface area contributed by atoms with Crippen LogP contribution in [0.5, 0.6) is 5.88 Å². The summed E-state index contributed by atoms with van der Waals surface area (Å²) in [6, 6.07) is 9.79. The summed E-state index contributed by atoms with van der Waals surface area (Å²) < 4.78 is 24.1. The summed E-state index contributed by atoms with van der Waals surface area (Å²) in [4.78, 5) is 18.1. The molecule has 0 spiro atoms. The smallest absolute Gasteiger partial charge is 0.254 e. The fraction of sp³-hybridized carbons (Fsp3) is 0.158. The minimum atomic E-state index is -0.431. The maximum Gasteiger partial charge on any atom is 0.254 e. The van der Waals surface area contributed by atoms with E-state index in [2.05, 4.69) is 10.3 Å². The maximum atomic E-state index is 13.4. The summed E-state index contributed by atoms with van der Waals surface area (Å²) in [5, 5.41) is 2.76. The van der Waals surface area contributed by atoms with Crippen LogP contribution in [0, 0.1) is 5.82 Å². The van der Waals surface area contributed by atoms with E-state index in [0.717, 1.165) is 11.1 Å². The van der Waals surface area contributed by atoms with E-state index in [1.807, 2.05) is 23.1 Å². The van der Waals surface area contributed by atoms with Crippen molar-refractivity contribution >= 4 is 11.6 Å². The van der Waals surface area contributed by atoms with Gasteiger partial charge in [0.25, 0.3) is 5.91 Å². The van der Waals surface area contributed by atoms with Crippen LogP contribution >= 0.6 is 0 Å². The number of halogens is 1. The molecule has 0 bridgehead atoms. The molecule has 3 heterocycles. The van der Waals surface area contributed by atoms with Crippen molar-refractivity contribution in [2.24, 2.45) is 0 Å². The van der Waals surface area contributed by atoms with E-state index in [-0.39, 0.29) is 5.91 Å². The Hall–Kier alpha value is -3.35. The summed E-state index contributed by atoms with van der Waals surface area (Å²) in [5.41, 5.74) is 2.93. The van der Waals surface area contributed by atoms with Crippen LogP contribution in [0.4, 0.5) is 10.1 Å². The monoisotopic (exact) mass is 353 g/mol. The summed E-state index contributed by atoms with van der Waals surface area (Å²) in [7, 11) is 0. The SMILES string of the molecule is O=C1NCN(Cc2ccnc(OCc3ccoc3)c2)c2ccc(F)cc21. The van der Waals surface area contributed by atoms with Crippen molar-refractivity contribution in [3.63, 3.8) is 0 Å². The van der Waals surface area contributed by atoms with E-state index in [9.17, 15) is 9.18 Å². The molecular weight excluding hydrogens is 337 g/mol. The van der Waals surface area contributed by atoms with Crippen molar-refractivity contribution in [1.82, 2.24) is 10.3 Å². The minimum Gasteiger partial charge on any atom is -0.473 e. The molecule has 0 aliphatic carbocycles. The summed E-state index contributed by atoms with van der Waals surface area (Å²) >= 11 is 0. The normalized spacial score (nSPS) is 13.3. The second-order valence-corrected chi connectivity index (χ2v) is 5.95. The maximum absolute atomic E-state index is 13.4. The van der Waals surface area contributed by atoms with Gasteiger partial charge in [0, 0.05) is 24.4 Å². The van der Waals surface area contributed by atoms with Gasteiger partial charge in [0.2, 0.25) is 5.88 Å². The number of carbonyl (C=O) groups excluding carboxylic acids is 1. The van der Waals surface area contributed by atoms with Crippen molar-refractivity contribution in [1.29, 1.82) is 0 Å². The van der Waals surface area contributed by atoms with E-state index in [4.69, 9.17) is 9.15 Å². The Kier molecular flexibility index (Phi) is 4.27. The zero-order valence-corrected chi connectivity index (χ0v) is 13.8. The molecule has 2 aromatic heterocycles. The highest BCUT2D eigenvalue weighted by molar-refractivity contribution is 6.01. The van der Waals surface area contributed by atoms with Gasteiger partial charge < -0.3 is 19.4 Å². The molecule has 4 rings (SSSR count). The lowest BCUT2D eigenvalue weighted by Gasteiger charge is -2.31. The number of hydrogen-bond acceptors (Lipinski definition) is 5. The quantitative estimate of drug-likeness (QED) is 0.763. The number of rotatable bonds is 5.